The molecule has 4 aromatic carbocycles. The van der Waals surface area contributed by atoms with Crippen LogP contribution in [0, 0.1) is 18.6 Å². The van der Waals surface area contributed by atoms with E-state index in [9.17, 15) is 24.8 Å². The van der Waals surface area contributed by atoms with Crippen LogP contribution in [0.1, 0.15) is 77.5 Å². The van der Waals surface area contributed by atoms with E-state index in [2.05, 4.69) is 4.74 Å². The summed E-state index contributed by atoms with van der Waals surface area (Å²) in [7, 11) is -3.57. The zero-order valence-corrected chi connectivity index (χ0v) is 27.3. The molecule has 1 saturated heterocycles. The van der Waals surface area contributed by atoms with Gasteiger partial charge in [0.2, 0.25) is 5.91 Å². The van der Waals surface area contributed by atoms with E-state index in [1.807, 2.05) is 0 Å². The Morgan fingerprint density at radius 1 is 1.04 bits per heavy atom. The Hall–Kier alpha value is -4.52. The minimum atomic E-state index is -5.38. The van der Waals surface area contributed by atoms with Crippen molar-refractivity contribution in [3.05, 3.63) is 135 Å². The molecule has 0 N–H and O–H groups in total. The van der Waals surface area contributed by atoms with Crippen LogP contribution in [-0.4, -0.2) is 59.4 Å². The van der Waals surface area contributed by atoms with Crippen molar-refractivity contribution in [3.63, 3.8) is 0 Å². The molecule has 1 amide bonds. The molecule has 278 valence electrons. The van der Waals surface area contributed by atoms with Gasteiger partial charge in [-0.15, -0.1) is 11.8 Å². The van der Waals surface area contributed by atoms with Gasteiger partial charge in [0.15, 0.2) is 17.1 Å². The van der Waals surface area contributed by atoms with Gasteiger partial charge in [0, 0.05) is 78.2 Å². The molecule has 12 heteroatoms. The van der Waals surface area contributed by atoms with Crippen molar-refractivity contribution in [2.45, 2.75) is 55.7 Å². The Labute approximate surface area is 352 Å². The van der Waals surface area contributed by atoms with Crippen LogP contribution in [0.15, 0.2) is 100 Å². The van der Waals surface area contributed by atoms with Gasteiger partial charge in [0.05, 0.1) is 48.8 Å². The number of para-hydroxylation sites is 1. The SMILES string of the molecule is [2H]c1c([2H])c(F)c(F)c(C([2H])([2H])Sc2c([2H])c(=O)c3c([2H])c([2H])c([2H])c([2H])c3n2CC(=O)N(Cc2c([2H])c([2H])c(-c3c([2H])c([2H])c(C(F)(F)F)c(C)c3[2H])c([2H])c2[2H])C2([2H])C([2H])([2H])C([2H])([2H])N(C([2H])([2H])COC([2H])([2H])[2H])C([2H])([2H])C2([2H])[2H])c1[2H]. The molecule has 5 aromatic rings. The van der Waals surface area contributed by atoms with Crippen molar-refractivity contribution < 1.29 is 74.0 Å². The average Bonchev–Trinajstić information content (AvgIpc) is 0.707. The van der Waals surface area contributed by atoms with Crippen molar-refractivity contribution in [1.29, 1.82) is 0 Å². The number of amides is 1. The van der Waals surface area contributed by atoms with Gasteiger partial charge < -0.3 is 19.1 Å². The molecule has 1 fully saturated rings. The second kappa shape index (κ2) is 16.7. The fourth-order valence-electron chi connectivity index (χ4n) is 4.48. The van der Waals surface area contributed by atoms with Gasteiger partial charge in [-0.25, -0.2) is 8.78 Å². The Morgan fingerprint density at radius 3 is 2.51 bits per heavy atom. The van der Waals surface area contributed by atoms with E-state index in [4.69, 9.17) is 35.6 Å². The molecular formula is C41H40F5N3O3S. The first-order valence-electron chi connectivity index (χ1n) is 30.0. The van der Waals surface area contributed by atoms with Crippen LogP contribution in [0.3, 0.4) is 0 Å². The van der Waals surface area contributed by atoms with Crippen LogP contribution in [-0.2, 0) is 34.5 Å². The molecule has 0 spiro atoms. The van der Waals surface area contributed by atoms with Crippen LogP contribution in [0.25, 0.3) is 22.0 Å². The van der Waals surface area contributed by atoms with Crippen molar-refractivity contribution in [1.82, 2.24) is 14.4 Å². The minimum absolute atomic E-state index is 0.0693. The lowest BCUT2D eigenvalue weighted by molar-refractivity contribution is -0.138. The van der Waals surface area contributed by atoms with E-state index in [0.29, 0.717) is 6.92 Å². The fraction of sp³-hybridized carbons (Fsp3) is 0.317. The monoisotopic (exact) mass is 780 g/mol. The second-order valence-electron chi connectivity index (χ2n) is 10.3. The van der Waals surface area contributed by atoms with E-state index in [1.54, 1.807) is 0 Å². The molecule has 6 rings (SSSR count). The van der Waals surface area contributed by atoms with E-state index >= 15 is 13.6 Å². The number of ether oxygens (including phenoxy) is 1. The fourth-order valence-corrected chi connectivity index (χ4v) is 5.23. The summed E-state index contributed by atoms with van der Waals surface area (Å²) in [4.78, 5) is 28.4. The van der Waals surface area contributed by atoms with E-state index < -0.39 is 261 Å². The summed E-state index contributed by atoms with van der Waals surface area (Å²) in [5, 5.41) is -2.70. The number of thioether (sulfide) groups is 1. The molecule has 0 unspecified atom stereocenters. The standard InChI is InChI=1S/C41H40F5N3O3S/c1-27-22-30(14-15-34(27)41(44,45)46)29-12-10-28(11-13-29)24-48(32-16-18-47(19-17-32)20-21-52-2)38(51)25-49-36-9-4-3-7-33(36)37(50)23-39(49)53-26-31-6-5-8-35(42)40(31)43/h3-15,22-23,32H,16-21,24-26H2,1-2H3/i2D3,3D,4D,5D,6D,7D,8D,9D,10D,11D,12D,13D,14D,15D,16D2,17D2,18D2,19D2,20D2,22D,23D,26D2,32D. The molecule has 6 nitrogen and oxygen atoms in total. The maximum Gasteiger partial charge on any atom is 0.416 e. The van der Waals surface area contributed by atoms with E-state index in [-0.39, 0.29) is 4.57 Å². The van der Waals surface area contributed by atoms with Crippen molar-refractivity contribution in [2.75, 3.05) is 33.1 Å². The highest BCUT2D eigenvalue weighted by Crippen LogP contribution is 2.34. The number of alkyl halides is 3. The summed E-state index contributed by atoms with van der Waals surface area (Å²) in [6.07, 6.45) is -14.9. The molecule has 1 aliphatic heterocycles. The van der Waals surface area contributed by atoms with E-state index in [0.717, 1.165) is 0 Å². The van der Waals surface area contributed by atoms with Crippen LogP contribution in [0.2, 0.25) is 0 Å². The third kappa shape index (κ3) is 9.00. The number of pyridine rings is 1. The van der Waals surface area contributed by atoms with Gasteiger partial charge in [-0.05, 0) is 66.1 Å². The maximum atomic E-state index is 15.7. The van der Waals surface area contributed by atoms with Crippen LogP contribution < -0.4 is 5.43 Å². The van der Waals surface area contributed by atoms with Crippen LogP contribution >= 0.6 is 11.8 Å². The highest BCUT2D eigenvalue weighted by atomic mass is 32.2. The van der Waals surface area contributed by atoms with Gasteiger partial charge in [-0.3, -0.25) is 9.59 Å². The number of hydrogen-bond donors (Lipinski definition) is 0. The topological polar surface area (TPSA) is 54.8 Å². The smallest absolute Gasteiger partial charge is 0.383 e. The number of hydrogen-bond acceptors (Lipinski definition) is 5. The van der Waals surface area contributed by atoms with Crippen molar-refractivity contribution in [2.24, 2.45) is 0 Å². The summed E-state index contributed by atoms with van der Waals surface area (Å²) in [5.41, 5.74) is -15.2. The second-order valence-corrected chi connectivity index (χ2v) is 11.1. The Balaban J connectivity index is 1.77. The number of carbonyl (C=O) groups is 1. The Bertz CT molecular complexity index is 3570. The first-order valence-corrected chi connectivity index (χ1v) is 15.3. The number of aromatic nitrogens is 1. The number of benzene rings is 4. The summed E-state index contributed by atoms with van der Waals surface area (Å²) in [5.74, 6) is -6.83. The molecular weight excluding hydrogens is 710 g/mol. The lowest BCUT2D eigenvalue weighted by Gasteiger charge is -2.39. The molecule has 53 heavy (non-hydrogen) atoms. The zero-order valence-electron chi connectivity index (χ0n) is 57.5. The highest BCUT2D eigenvalue weighted by molar-refractivity contribution is 7.98. The number of likely N-dealkylation sites (tertiary alicyclic amines) is 1. The Kier molecular flexibility index (Phi) is 4.81. The number of halogens is 5. The third-order valence-corrected chi connectivity index (χ3v) is 7.73. The van der Waals surface area contributed by atoms with Gasteiger partial charge >= 0.3 is 6.18 Å². The molecule has 0 saturated carbocycles. The average molecular weight is 781 g/mol. The zero-order chi connectivity index (χ0) is 64.9. The molecule has 2 heterocycles. The van der Waals surface area contributed by atoms with Crippen LogP contribution in [0.5, 0.6) is 0 Å². The van der Waals surface area contributed by atoms with Gasteiger partial charge in [-0.2, -0.15) is 13.2 Å². The molecule has 0 radical (unpaired) electrons. The van der Waals surface area contributed by atoms with Gasteiger partial charge in [0.25, 0.3) is 0 Å². The summed E-state index contributed by atoms with van der Waals surface area (Å²) < 4.78 is 346. The van der Waals surface area contributed by atoms with Crippen molar-refractivity contribution in [3.8, 4) is 11.1 Å². The summed E-state index contributed by atoms with van der Waals surface area (Å²) >= 11 is -0.644. The number of nitrogens with zero attached hydrogens (tertiary/aromatic N) is 3. The highest BCUT2D eigenvalue weighted by Gasteiger charge is 2.32. The number of rotatable bonds is 12. The Morgan fingerprint density at radius 2 is 1.77 bits per heavy atom. The van der Waals surface area contributed by atoms with Crippen molar-refractivity contribution >= 4 is 28.6 Å². The van der Waals surface area contributed by atoms with Gasteiger partial charge in [0.1, 0.15) is 6.54 Å². The molecule has 0 aliphatic carbocycles. The summed E-state index contributed by atoms with van der Waals surface area (Å²) in [6, 6.07) is -26.6. The first-order chi connectivity index (χ1) is 37.7. The third-order valence-electron chi connectivity index (χ3n) is 6.91. The molecule has 0 atom stereocenters. The van der Waals surface area contributed by atoms with E-state index in [1.165, 1.54) is 0 Å². The predicted octanol–water partition coefficient (Wildman–Crippen LogP) is 8.71. The number of carbonyl (C=O) groups excluding carboxylic acids is 1. The van der Waals surface area contributed by atoms with Crippen LogP contribution in [0.4, 0.5) is 22.0 Å². The molecule has 0 bridgehead atoms. The van der Waals surface area contributed by atoms with Gasteiger partial charge in [-0.1, -0.05) is 60.4 Å². The normalized spacial score (nSPS) is 27.8. The quantitative estimate of drug-likeness (QED) is 0.0938. The maximum absolute atomic E-state index is 15.7. The molecule has 1 aliphatic rings. The lowest BCUT2D eigenvalue weighted by atomic mass is 9.98. The number of piperidine rings is 1. The lowest BCUT2D eigenvalue weighted by Crippen LogP contribution is -2.48. The summed E-state index contributed by atoms with van der Waals surface area (Å²) in [6.45, 7) is -18.7. The molecule has 1 aromatic heterocycles. The number of methoxy groups -OCH3 is 1. The first kappa shape index (κ1) is 15.3. The number of fused-ring (bicyclic) bond motifs is 1. The predicted molar refractivity (Wildman–Crippen MR) is 198 cm³/mol. The largest absolute Gasteiger partial charge is 0.416 e. The minimum Gasteiger partial charge on any atom is -0.383 e.